The summed E-state index contributed by atoms with van der Waals surface area (Å²) in [7, 11) is 0. The van der Waals surface area contributed by atoms with Crippen LogP contribution in [0.3, 0.4) is 0 Å². The molecular weight excluding hydrogens is 334 g/mol. The van der Waals surface area contributed by atoms with Gasteiger partial charge in [0.15, 0.2) is 0 Å². The molecule has 0 atom stereocenters. The van der Waals surface area contributed by atoms with Gasteiger partial charge in [0.05, 0.1) is 0 Å². The Morgan fingerprint density at radius 1 is 1.30 bits per heavy atom. The second kappa shape index (κ2) is 7.81. The van der Waals surface area contributed by atoms with Crippen LogP contribution in [0.5, 0.6) is 5.75 Å². The number of rotatable bonds is 7. The summed E-state index contributed by atoms with van der Waals surface area (Å²) < 4.78 is 6.95. The summed E-state index contributed by atoms with van der Waals surface area (Å²) in [6.45, 7) is 6.98. The highest BCUT2D eigenvalue weighted by molar-refractivity contribution is 9.10. The SMILES string of the molecule is CC(C)CNCc1cccc(OCc2cc(Br)cs2)c1. The van der Waals surface area contributed by atoms with Gasteiger partial charge in [-0.2, -0.15) is 0 Å². The lowest BCUT2D eigenvalue weighted by atomic mass is 10.2. The molecule has 0 fully saturated rings. The van der Waals surface area contributed by atoms with Gasteiger partial charge in [0.1, 0.15) is 12.4 Å². The smallest absolute Gasteiger partial charge is 0.122 e. The number of hydrogen-bond donors (Lipinski definition) is 1. The van der Waals surface area contributed by atoms with Crippen LogP contribution in [-0.4, -0.2) is 6.54 Å². The highest BCUT2D eigenvalue weighted by Gasteiger charge is 2.01. The van der Waals surface area contributed by atoms with Gasteiger partial charge in [0.25, 0.3) is 0 Å². The standard InChI is InChI=1S/C16H20BrNOS/c1-12(2)8-18-9-13-4-3-5-15(6-13)19-10-16-7-14(17)11-20-16/h3-7,11-12,18H,8-10H2,1-2H3. The molecule has 1 N–H and O–H groups in total. The third kappa shape index (κ3) is 5.27. The van der Waals surface area contributed by atoms with Gasteiger partial charge in [-0.3, -0.25) is 0 Å². The third-order valence-electron chi connectivity index (χ3n) is 2.78. The summed E-state index contributed by atoms with van der Waals surface area (Å²) in [5, 5.41) is 5.52. The average Bonchev–Trinajstić information content (AvgIpc) is 2.82. The summed E-state index contributed by atoms with van der Waals surface area (Å²) in [5.41, 5.74) is 1.26. The molecule has 108 valence electrons. The van der Waals surface area contributed by atoms with Crippen LogP contribution >= 0.6 is 27.3 Å². The van der Waals surface area contributed by atoms with E-state index in [1.54, 1.807) is 11.3 Å². The average molecular weight is 354 g/mol. The maximum Gasteiger partial charge on any atom is 0.122 e. The lowest BCUT2D eigenvalue weighted by molar-refractivity contribution is 0.309. The van der Waals surface area contributed by atoms with Crippen LogP contribution in [0.2, 0.25) is 0 Å². The van der Waals surface area contributed by atoms with Crippen molar-refractivity contribution in [1.82, 2.24) is 5.32 Å². The molecule has 4 heteroatoms. The first kappa shape index (κ1) is 15.5. The van der Waals surface area contributed by atoms with E-state index in [1.165, 1.54) is 10.4 Å². The monoisotopic (exact) mass is 353 g/mol. The molecular formula is C16H20BrNOS. The zero-order valence-corrected chi connectivity index (χ0v) is 14.3. The van der Waals surface area contributed by atoms with Crippen LogP contribution in [0.1, 0.15) is 24.3 Å². The zero-order chi connectivity index (χ0) is 14.4. The Labute approximate surface area is 133 Å². The fraction of sp³-hybridized carbons (Fsp3) is 0.375. The first-order valence-electron chi connectivity index (χ1n) is 6.79. The second-order valence-corrected chi connectivity index (χ2v) is 7.10. The number of nitrogens with one attached hydrogen (secondary N) is 1. The van der Waals surface area contributed by atoms with Gasteiger partial charge in [0, 0.05) is 21.3 Å². The molecule has 0 spiro atoms. The maximum atomic E-state index is 5.84. The van der Waals surface area contributed by atoms with Gasteiger partial charge in [-0.25, -0.2) is 0 Å². The molecule has 0 aliphatic rings. The van der Waals surface area contributed by atoms with E-state index in [-0.39, 0.29) is 0 Å². The molecule has 0 radical (unpaired) electrons. The molecule has 0 saturated carbocycles. The van der Waals surface area contributed by atoms with Crippen molar-refractivity contribution in [3.63, 3.8) is 0 Å². The van der Waals surface area contributed by atoms with E-state index in [4.69, 9.17) is 4.74 Å². The molecule has 0 amide bonds. The van der Waals surface area contributed by atoms with E-state index in [9.17, 15) is 0 Å². The van der Waals surface area contributed by atoms with Crippen LogP contribution in [0.15, 0.2) is 40.2 Å². The highest BCUT2D eigenvalue weighted by atomic mass is 79.9. The van der Waals surface area contributed by atoms with Gasteiger partial charge in [-0.15, -0.1) is 11.3 Å². The van der Waals surface area contributed by atoms with Crippen molar-refractivity contribution in [3.05, 3.63) is 50.6 Å². The Morgan fingerprint density at radius 3 is 2.85 bits per heavy atom. The molecule has 2 nitrogen and oxygen atoms in total. The van der Waals surface area contributed by atoms with Crippen molar-refractivity contribution < 1.29 is 4.74 Å². The Kier molecular flexibility index (Phi) is 6.07. The van der Waals surface area contributed by atoms with Crippen molar-refractivity contribution in [2.45, 2.75) is 27.0 Å². The molecule has 0 bridgehead atoms. The molecule has 20 heavy (non-hydrogen) atoms. The van der Waals surface area contributed by atoms with Crippen LogP contribution < -0.4 is 10.1 Å². The molecule has 0 saturated heterocycles. The minimum Gasteiger partial charge on any atom is -0.488 e. The quantitative estimate of drug-likeness (QED) is 0.769. The third-order valence-corrected chi connectivity index (χ3v) is 4.45. The van der Waals surface area contributed by atoms with Crippen LogP contribution in [0, 0.1) is 5.92 Å². The summed E-state index contributed by atoms with van der Waals surface area (Å²) >= 11 is 5.16. The number of ether oxygens (including phenoxy) is 1. The molecule has 1 heterocycles. The molecule has 0 unspecified atom stereocenters. The highest BCUT2D eigenvalue weighted by Crippen LogP contribution is 2.22. The fourth-order valence-electron chi connectivity index (χ4n) is 1.83. The topological polar surface area (TPSA) is 21.3 Å². The van der Waals surface area contributed by atoms with E-state index in [1.807, 2.05) is 12.1 Å². The van der Waals surface area contributed by atoms with E-state index in [2.05, 4.69) is 58.7 Å². The minimum atomic E-state index is 0.624. The zero-order valence-electron chi connectivity index (χ0n) is 11.9. The first-order chi connectivity index (χ1) is 9.63. The molecule has 0 aliphatic carbocycles. The van der Waals surface area contributed by atoms with Gasteiger partial charge in [0.2, 0.25) is 0 Å². The van der Waals surface area contributed by atoms with Crippen molar-refractivity contribution in [2.75, 3.05) is 6.54 Å². The first-order valence-corrected chi connectivity index (χ1v) is 8.46. The van der Waals surface area contributed by atoms with Crippen molar-refractivity contribution in [2.24, 2.45) is 5.92 Å². The van der Waals surface area contributed by atoms with Crippen molar-refractivity contribution in [1.29, 1.82) is 0 Å². The summed E-state index contributed by atoms with van der Waals surface area (Å²) in [4.78, 5) is 1.22. The second-order valence-electron chi connectivity index (χ2n) is 5.19. The van der Waals surface area contributed by atoms with E-state index < -0.39 is 0 Å². The lowest BCUT2D eigenvalue weighted by Gasteiger charge is -2.09. The van der Waals surface area contributed by atoms with Crippen molar-refractivity contribution >= 4 is 27.3 Å². The number of halogens is 1. The summed E-state index contributed by atoms with van der Waals surface area (Å²) in [6, 6.07) is 10.4. The molecule has 1 aromatic carbocycles. The molecule has 2 rings (SSSR count). The van der Waals surface area contributed by atoms with Crippen molar-refractivity contribution in [3.8, 4) is 5.75 Å². The molecule has 2 aromatic rings. The van der Waals surface area contributed by atoms with Crippen LogP contribution in [0.25, 0.3) is 0 Å². The van der Waals surface area contributed by atoms with Gasteiger partial charge in [-0.1, -0.05) is 26.0 Å². The fourth-order valence-corrected chi connectivity index (χ4v) is 3.20. The largest absolute Gasteiger partial charge is 0.488 e. The maximum absolute atomic E-state index is 5.84. The van der Waals surface area contributed by atoms with Gasteiger partial charge in [-0.05, 0) is 52.2 Å². The number of benzene rings is 1. The number of thiophene rings is 1. The van der Waals surface area contributed by atoms with Crippen LogP contribution in [0.4, 0.5) is 0 Å². The Morgan fingerprint density at radius 2 is 2.15 bits per heavy atom. The van der Waals surface area contributed by atoms with E-state index in [0.717, 1.165) is 23.3 Å². The number of hydrogen-bond acceptors (Lipinski definition) is 3. The van der Waals surface area contributed by atoms with Gasteiger partial charge < -0.3 is 10.1 Å². The van der Waals surface area contributed by atoms with Gasteiger partial charge >= 0.3 is 0 Å². The molecule has 1 aromatic heterocycles. The van der Waals surface area contributed by atoms with E-state index in [0.29, 0.717) is 12.5 Å². The normalized spacial score (nSPS) is 11.0. The lowest BCUT2D eigenvalue weighted by Crippen LogP contribution is -2.18. The summed E-state index contributed by atoms with van der Waals surface area (Å²) in [6.07, 6.45) is 0. The minimum absolute atomic E-state index is 0.624. The Balaban J connectivity index is 1.85. The summed E-state index contributed by atoms with van der Waals surface area (Å²) in [5.74, 6) is 1.60. The predicted octanol–water partition coefficient (Wildman–Crippen LogP) is 4.84. The van der Waals surface area contributed by atoms with Crippen LogP contribution in [-0.2, 0) is 13.2 Å². The predicted molar refractivity (Wildman–Crippen MR) is 89.3 cm³/mol. The Bertz CT molecular complexity index is 539. The molecule has 0 aliphatic heterocycles. The van der Waals surface area contributed by atoms with E-state index >= 15 is 0 Å². The Hall–Kier alpha value is -0.840.